The Balaban J connectivity index is 1.88. The van der Waals surface area contributed by atoms with Crippen LogP contribution in [0.3, 0.4) is 0 Å². The number of halogens is 1. The summed E-state index contributed by atoms with van der Waals surface area (Å²) >= 11 is 0. The first-order valence-electron chi connectivity index (χ1n) is 6.67. The molecule has 1 saturated carbocycles. The lowest BCUT2D eigenvalue weighted by molar-refractivity contribution is 0.410. The zero-order chi connectivity index (χ0) is 12.3. The molecule has 0 saturated heterocycles. The van der Waals surface area contributed by atoms with E-state index in [1.165, 1.54) is 31.2 Å². The number of aryl methyl sites for hydroxylation is 2. The maximum Gasteiger partial charge on any atom is 0.123 e. The van der Waals surface area contributed by atoms with Crippen molar-refractivity contribution in [3.63, 3.8) is 0 Å². The number of rotatable bonds is 4. The van der Waals surface area contributed by atoms with Crippen LogP contribution in [-0.2, 0) is 6.42 Å². The van der Waals surface area contributed by atoms with Crippen LogP contribution in [0.15, 0.2) is 18.2 Å². The highest BCUT2D eigenvalue weighted by Crippen LogP contribution is 2.28. The van der Waals surface area contributed by atoms with E-state index >= 15 is 0 Å². The van der Waals surface area contributed by atoms with Crippen LogP contribution < -0.4 is 5.73 Å². The van der Waals surface area contributed by atoms with Gasteiger partial charge < -0.3 is 5.73 Å². The maximum atomic E-state index is 13.0. The highest BCUT2D eigenvalue weighted by atomic mass is 19.1. The first-order valence-corrected chi connectivity index (χ1v) is 6.67. The summed E-state index contributed by atoms with van der Waals surface area (Å²) in [5.74, 6) is 0.571. The molecule has 1 aromatic rings. The monoisotopic (exact) mass is 235 g/mol. The molecule has 1 unspecified atom stereocenters. The molecule has 1 aromatic carbocycles. The summed E-state index contributed by atoms with van der Waals surface area (Å²) in [7, 11) is 0. The average molecular weight is 235 g/mol. The van der Waals surface area contributed by atoms with Crippen LogP contribution in [0.1, 0.15) is 43.2 Å². The summed E-state index contributed by atoms with van der Waals surface area (Å²) < 4.78 is 13.0. The highest BCUT2D eigenvalue weighted by Gasteiger charge is 2.21. The van der Waals surface area contributed by atoms with Crippen molar-refractivity contribution in [3.05, 3.63) is 35.1 Å². The van der Waals surface area contributed by atoms with Crippen molar-refractivity contribution in [2.75, 3.05) is 0 Å². The molecular weight excluding hydrogens is 213 g/mol. The molecule has 0 amide bonds. The molecule has 2 heteroatoms. The molecular formula is C15H22FN. The quantitative estimate of drug-likeness (QED) is 0.848. The molecule has 0 aromatic heterocycles. The van der Waals surface area contributed by atoms with Crippen LogP contribution in [0.5, 0.6) is 0 Å². The van der Waals surface area contributed by atoms with Crippen LogP contribution in [0.4, 0.5) is 4.39 Å². The largest absolute Gasteiger partial charge is 0.327 e. The SMILES string of the molecule is Cc1cc(F)ccc1CCC(N)C1CCCC1. The van der Waals surface area contributed by atoms with E-state index in [9.17, 15) is 4.39 Å². The standard InChI is InChI=1S/C15H22FN/c1-11-10-14(16)8-6-12(11)7-9-15(17)13-4-2-3-5-13/h6,8,10,13,15H,2-5,7,9,17H2,1H3. The predicted octanol–water partition coefficient (Wildman–Crippen LogP) is 3.58. The van der Waals surface area contributed by atoms with Gasteiger partial charge >= 0.3 is 0 Å². The Morgan fingerprint density at radius 2 is 2.06 bits per heavy atom. The van der Waals surface area contributed by atoms with E-state index < -0.39 is 0 Å². The van der Waals surface area contributed by atoms with Gasteiger partial charge in [-0.15, -0.1) is 0 Å². The Hall–Kier alpha value is -0.890. The molecule has 0 heterocycles. The van der Waals surface area contributed by atoms with Gasteiger partial charge in [-0.05, 0) is 61.8 Å². The topological polar surface area (TPSA) is 26.0 Å². The van der Waals surface area contributed by atoms with Crippen LogP contribution >= 0.6 is 0 Å². The number of hydrogen-bond donors (Lipinski definition) is 1. The Bertz CT molecular complexity index is 369. The normalized spacial score (nSPS) is 18.5. The van der Waals surface area contributed by atoms with Crippen LogP contribution in [0.2, 0.25) is 0 Å². The van der Waals surface area contributed by atoms with E-state index in [4.69, 9.17) is 5.73 Å². The molecule has 1 fully saturated rings. The molecule has 1 aliphatic carbocycles. The molecule has 1 atom stereocenters. The Kier molecular flexibility index (Phi) is 4.16. The van der Waals surface area contributed by atoms with Gasteiger partial charge in [0.25, 0.3) is 0 Å². The first-order chi connectivity index (χ1) is 8.16. The van der Waals surface area contributed by atoms with Gasteiger partial charge in [-0.3, -0.25) is 0 Å². The minimum absolute atomic E-state index is 0.147. The minimum Gasteiger partial charge on any atom is -0.327 e. The Labute approximate surface area is 103 Å². The summed E-state index contributed by atoms with van der Waals surface area (Å²) in [6.07, 6.45) is 7.27. The van der Waals surface area contributed by atoms with Gasteiger partial charge in [0.05, 0.1) is 0 Å². The van der Waals surface area contributed by atoms with E-state index in [1.54, 1.807) is 12.1 Å². The van der Waals surface area contributed by atoms with Gasteiger partial charge in [-0.2, -0.15) is 0 Å². The van der Waals surface area contributed by atoms with E-state index in [0.717, 1.165) is 24.3 Å². The molecule has 2 rings (SSSR count). The fraction of sp³-hybridized carbons (Fsp3) is 0.600. The minimum atomic E-state index is -0.147. The summed E-state index contributed by atoms with van der Waals surface area (Å²) in [6.45, 7) is 1.97. The molecule has 94 valence electrons. The molecule has 0 bridgehead atoms. The number of nitrogens with two attached hydrogens (primary N) is 1. The summed E-state index contributed by atoms with van der Waals surface area (Å²) in [4.78, 5) is 0. The lowest BCUT2D eigenvalue weighted by Gasteiger charge is -2.19. The fourth-order valence-corrected chi connectivity index (χ4v) is 2.88. The van der Waals surface area contributed by atoms with E-state index in [2.05, 4.69) is 0 Å². The molecule has 0 spiro atoms. The Morgan fingerprint density at radius 1 is 1.35 bits per heavy atom. The van der Waals surface area contributed by atoms with Crippen molar-refractivity contribution in [2.45, 2.75) is 51.5 Å². The van der Waals surface area contributed by atoms with Crippen molar-refractivity contribution >= 4 is 0 Å². The zero-order valence-corrected chi connectivity index (χ0v) is 10.6. The lowest BCUT2D eigenvalue weighted by atomic mass is 9.92. The van der Waals surface area contributed by atoms with Crippen molar-refractivity contribution < 1.29 is 4.39 Å². The van der Waals surface area contributed by atoms with Gasteiger partial charge in [-0.25, -0.2) is 4.39 Å². The van der Waals surface area contributed by atoms with Crippen molar-refractivity contribution in [3.8, 4) is 0 Å². The lowest BCUT2D eigenvalue weighted by Crippen LogP contribution is -2.28. The summed E-state index contributed by atoms with van der Waals surface area (Å²) in [5, 5.41) is 0. The second-order valence-electron chi connectivity index (χ2n) is 5.32. The molecule has 1 aliphatic rings. The molecule has 0 radical (unpaired) electrons. The van der Waals surface area contributed by atoms with Crippen LogP contribution in [0, 0.1) is 18.7 Å². The second-order valence-corrected chi connectivity index (χ2v) is 5.32. The van der Waals surface area contributed by atoms with E-state index in [-0.39, 0.29) is 5.82 Å². The van der Waals surface area contributed by atoms with Gasteiger partial charge in [0.1, 0.15) is 5.82 Å². The molecule has 0 aliphatic heterocycles. The van der Waals surface area contributed by atoms with Gasteiger partial charge in [0, 0.05) is 6.04 Å². The van der Waals surface area contributed by atoms with Crippen molar-refractivity contribution in [2.24, 2.45) is 11.7 Å². The zero-order valence-electron chi connectivity index (χ0n) is 10.6. The maximum absolute atomic E-state index is 13.0. The van der Waals surface area contributed by atoms with Crippen molar-refractivity contribution in [1.82, 2.24) is 0 Å². The van der Waals surface area contributed by atoms with Crippen molar-refractivity contribution in [1.29, 1.82) is 0 Å². The predicted molar refractivity (Wildman–Crippen MR) is 69.4 cm³/mol. The fourth-order valence-electron chi connectivity index (χ4n) is 2.88. The molecule has 17 heavy (non-hydrogen) atoms. The van der Waals surface area contributed by atoms with Gasteiger partial charge in [-0.1, -0.05) is 18.9 Å². The number of hydrogen-bond acceptors (Lipinski definition) is 1. The third-order valence-electron chi connectivity index (χ3n) is 4.06. The second kappa shape index (κ2) is 5.63. The Morgan fingerprint density at radius 3 is 2.71 bits per heavy atom. The van der Waals surface area contributed by atoms with E-state index in [0.29, 0.717) is 6.04 Å². The highest BCUT2D eigenvalue weighted by molar-refractivity contribution is 5.26. The van der Waals surface area contributed by atoms with Gasteiger partial charge in [0.2, 0.25) is 0 Å². The smallest absolute Gasteiger partial charge is 0.123 e. The van der Waals surface area contributed by atoms with Gasteiger partial charge in [0.15, 0.2) is 0 Å². The van der Waals surface area contributed by atoms with E-state index in [1.807, 2.05) is 13.0 Å². The van der Waals surface area contributed by atoms with Crippen LogP contribution in [-0.4, -0.2) is 6.04 Å². The summed E-state index contributed by atoms with van der Waals surface area (Å²) in [5.41, 5.74) is 8.51. The first kappa shape index (κ1) is 12.6. The summed E-state index contributed by atoms with van der Waals surface area (Å²) in [6, 6.07) is 5.37. The molecule has 2 N–H and O–H groups in total. The third-order valence-corrected chi connectivity index (χ3v) is 4.06. The molecule has 1 nitrogen and oxygen atoms in total. The third kappa shape index (κ3) is 3.29. The average Bonchev–Trinajstić information content (AvgIpc) is 2.81. The number of benzene rings is 1. The van der Waals surface area contributed by atoms with Crippen LogP contribution in [0.25, 0.3) is 0 Å².